The van der Waals surface area contributed by atoms with Crippen LogP contribution in [-0.2, 0) is 57.1 Å². The predicted molar refractivity (Wildman–Crippen MR) is 201 cm³/mol. The molecule has 1 aromatic carbocycles. The summed E-state index contributed by atoms with van der Waals surface area (Å²) in [5.41, 5.74) is 0.122. The van der Waals surface area contributed by atoms with E-state index < -0.39 is 177 Å². The summed E-state index contributed by atoms with van der Waals surface area (Å²) in [5.74, 6) is -7.65. The number of phenolic OH excluding ortho intramolecular Hbond substituents is 1. The van der Waals surface area contributed by atoms with Crippen molar-refractivity contribution in [3.63, 3.8) is 0 Å². The standard InChI is InChI=1S/C37H50N2O26.Na/c1-10(42)38-18-27(20(47)15(8-40)59-33(18)56)61-37-26(53)24(51)29(31(65-37)32(54)55)63-35-19(39-11(2)43)28(21(48)16(9-41)60-35)62-36-25(52)22(49)23(50)30(64-36)34(57)58-14-7-12(3-5-13(14)44)4-6-17(45)46;/h3-7,15-16,18-31,33,35-37,40-41,44,47-53,56H,8-9H2,1-2H3,(H,38,42)(H,39,43)(H,45,46)(H,54,55);/q;+1/b6-4+;/t15-,16-,18-,19-,20-,21-,22+,23+,24-,25-,26-,27-,28-,29+,30+,31+,33-,35+,36-,37-;/m1./s1. The summed E-state index contributed by atoms with van der Waals surface area (Å²) in [6.07, 6.45) is -36.0. The fourth-order valence-electron chi connectivity index (χ4n) is 7.34. The van der Waals surface area contributed by atoms with Crippen LogP contribution in [0.4, 0.5) is 0 Å². The number of aromatic hydroxyl groups is 1. The van der Waals surface area contributed by atoms with Crippen molar-refractivity contribution in [2.24, 2.45) is 0 Å². The van der Waals surface area contributed by atoms with Crippen molar-refractivity contribution in [3.8, 4) is 11.5 Å². The Morgan fingerprint density at radius 3 is 1.70 bits per heavy atom. The zero-order valence-electron chi connectivity index (χ0n) is 35.0. The number of hydrogen-bond acceptors (Lipinski definition) is 24. The van der Waals surface area contributed by atoms with Gasteiger partial charge in [-0.15, -0.1) is 0 Å². The molecule has 4 aliphatic heterocycles. The number of carbonyl (C=O) groups excluding carboxylic acids is 3. The molecule has 20 atom stereocenters. The second-order valence-corrected chi connectivity index (χ2v) is 15.2. The van der Waals surface area contributed by atoms with Crippen molar-refractivity contribution in [1.29, 1.82) is 0 Å². The number of hydrogen-bond donors (Lipinski definition) is 15. The zero-order valence-corrected chi connectivity index (χ0v) is 37.0. The van der Waals surface area contributed by atoms with Gasteiger partial charge in [0.25, 0.3) is 0 Å². The van der Waals surface area contributed by atoms with Crippen LogP contribution >= 0.6 is 0 Å². The van der Waals surface area contributed by atoms with Gasteiger partial charge in [0.1, 0.15) is 85.3 Å². The largest absolute Gasteiger partial charge is 1.00 e. The minimum atomic E-state index is -2.36. The molecule has 0 spiro atoms. The number of rotatable bonds is 15. The number of esters is 1. The van der Waals surface area contributed by atoms with Crippen molar-refractivity contribution < 1.29 is 158 Å². The zero-order chi connectivity index (χ0) is 48.2. The van der Waals surface area contributed by atoms with E-state index in [0.29, 0.717) is 0 Å². The Labute approximate surface area is 394 Å². The SMILES string of the molecule is CC(=O)N[C@@H]1[C@@H](O[C@@H]2O[C@H](C(=O)O)[C@@H](O[C@@H]3O[C@H](CO)[C@@H](O)[C@H](O[C@@H]4O[C@H](C(=O)Oc5cc(/C=C/C(=O)O)ccc5O)[C@@H](O)[C@H](O)[C@H]4O)[C@H]3NC(C)=O)[C@H](O)[C@H]2O)[C@H](O)[C@@H](CO)O[C@H]1O.[Na+]. The number of phenols is 1. The van der Waals surface area contributed by atoms with Crippen LogP contribution < -0.4 is 44.9 Å². The summed E-state index contributed by atoms with van der Waals surface area (Å²) in [7, 11) is 0. The monoisotopic (exact) mass is 961 g/mol. The van der Waals surface area contributed by atoms with Crippen LogP contribution in [0.5, 0.6) is 11.5 Å². The quantitative estimate of drug-likeness (QED) is 0.0336. The Bertz CT molecular complexity index is 1900. The van der Waals surface area contributed by atoms with E-state index in [1.165, 1.54) is 6.07 Å². The molecule has 364 valence electrons. The van der Waals surface area contributed by atoms with Crippen molar-refractivity contribution in [3.05, 3.63) is 29.8 Å². The Morgan fingerprint density at radius 1 is 0.636 bits per heavy atom. The van der Waals surface area contributed by atoms with Gasteiger partial charge in [-0.3, -0.25) is 9.59 Å². The van der Waals surface area contributed by atoms with Crippen LogP contribution in [0.2, 0.25) is 0 Å². The number of benzene rings is 1. The van der Waals surface area contributed by atoms with Gasteiger partial charge >= 0.3 is 47.5 Å². The van der Waals surface area contributed by atoms with E-state index in [9.17, 15) is 85.3 Å². The van der Waals surface area contributed by atoms with Crippen molar-refractivity contribution in [1.82, 2.24) is 10.6 Å². The van der Waals surface area contributed by atoms with Crippen LogP contribution in [-0.4, -0.2) is 232 Å². The number of aliphatic carboxylic acids is 2. The molecule has 28 nitrogen and oxygen atoms in total. The van der Waals surface area contributed by atoms with E-state index in [-0.39, 0.29) is 35.1 Å². The molecule has 0 bridgehead atoms. The van der Waals surface area contributed by atoms with Gasteiger partial charge in [0.05, 0.1) is 13.2 Å². The maximum absolute atomic E-state index is 13.3. The number of carbonyl (C=O) groups is 5. The van der Waals surface area contributed by atoms with Gasteiger partial charge in [0.2, 0.25) is 11.8 Å². The van der Waals surface area contributed by atoms with E-state index >= 15 is 0 Å². The average Bonchev–Trinajstić information content (AvgIpc) is 3.24. The number of carboxylic acids is 2. The second-order valence-electron chi connectivity index (χ2n) is 15.2. The maximum Gasteiger partial charge on any atom is 1.00 e. The molecule has 4 fully saturated rings. The van der Waals surface area contributed by atoms with Gasteiger partial charge in [-0.2, -0.15) is 0 Å². The van der Waals surface area contributed by atoms with E-state index in [1.807, 2.05) is 0 Å². The fourth-order valence-corrected chi connectivity index (χ4v) is 7.34. The third-order valence-corrected chi connectivity index (χ3v) is 10.5. The van der Waals surface area contributed by atoms with Crippen molar-refractivity contribution >= 4 is 35.8 Å². The molecule has 0 saturated carbocycles. The van der Waals surface area contributed by atoms with E-state index in [4.69, 9.17) is 43.0 Å². The summed E-state index contributed by atoms with van der Waals surface area (Å²) < 4.78 is 44.0. The third-order valence-electron chi connectivity index (χ3n) is 10.5. The van der Waals surface area contributed by atoms with Crippen molar-refractivity contribution in [2.75, 3.05) is 13.2 Å². The average molecular weight is 962 g/mol. The van der Waals surface area contributed by atoms with Crippen LogP contribution in [0.15, 0.2) is 24.3 Å². The Kier molecular flexibility index (Phi) is 19.7. The summed E-state index contributed by atoms with van der Waals surface area (Å²) in [6.45, 7) is 0.00727. The first-order valence-electron chi connectivity index (χ1n) is 19.6. The van der Waals surface area contributed by atoms with Gasteiger partial charge in [-0.05, 0) is 23.8 Å². The van der Waals surface area contributed by atoms with Gasteiger partial charge in [-0.25, -0.2) is 14.4 Å². The van der Waals surface area contributed by atoms with E-state index in [0.717, 1.165) is 38.1 Å². The number of amides is 2. The summed E-state index contributed by atoms with van der Waals surface area (Å²) >= 11 is 0. The predicted octanol–water partition coefficient (Wildman–Crippen LogP) is -10.9. The van der Waals surface area contributed by atoms with Crippen LogP contribution in [0.3, 0.4) is 0 Å². The summed E-state index contributed by atoms with van der Waals surface area (Å²) in [6, 6.07) is -0.173. The molecule has 5 rings (SSSR count). The fraction of sp³-hybridized carbons (Fsp3) is 0.649. The molecule has 0 radical (unpaired) electrons. The maximum atomic E-state index is 13.3. The molecule has 29 heteroatoms. The number of aliphatic hydroxyl groups is 10. The molecule has 2 amide bonds. The van der Waals surface area contributed by atoms with Gasteiger partial charge in [0, 0.05) is 19.9 Å². The van der Waals surface area contributed by atoms with Crippen LogP contribution in [0.1, 0.15) is 19.4 Å². The van der Waals surface area contributed by atoms with Gasteiger partial charge < -0.3 is 115 Å². The molecule has 4 saturated heterocycles. The summed E-state index contributed by atoms with van der Waals surface area (Å²) in [4.78, 5) is 61.3. The molecule has 15 N–H and O–H groups in total. The first-order valence-corrected chi connectivity index (χ1v) is 19.6. The minimum Gasteiger partial charge on any atom is -0.504 e. The molecule has 66 heavy (non-hydrogen) atoms. The molecule has 1 aromatic rings. The molecule has 0 unspecified atom stereocenters. The van der Waals surface area contributed by atoms with E-state index in [2.05, 4.69) is 10.6 Å². The van der Waals surface area contributed by atoms with Crippen LogP contribution in [0, 0.1) is 0 Å². The topological polar surface area (TPSA) is 446 Å². The van der Waals surface area contributed by atoms with E-state index in [1.54, 1.807) is 0 Å². The summed E-state index contributed by atoms with van der Waals surface area (Å²) in [5, 5.41) is 141. The molecule has 4 heterocycles. The third kappa shape index (κ3) is 12.5. The molecule has 0 aliphatic carbocycles. The number of carboxylic acid groups (broad SMARTS) is 2. The molecular formula is C37H50N2NaO26+. The van der Waals surface area contributed by atoms with Crippen LogP contribution in [0.25, 0.3) is 6.08 Å². The number of nitrogens with one attached hydrogen (secondary N) is 2. The number of ether oxygens (including phenoxy) is 8. The normalized spacial score (nSPS) is 39.3. The Hall–Kier alpha value is -3.57. The first kappa shape index (κ1) is 55.0. The number of aliphatic hydroxyl groups excluding tert-OH is 10. The van der Waals surface area contributed by atoms with Crippen molar-refractivity contribution in [2.45, 2.75) is 137 Å². The molecule has 4 aliphatic rings. The van der Waals surface area contributed by atoms with Gasteiger partial charge in [0.15, 0.2) is 48.9 Å². The Balaban J connectivity index is 0.00000952. The second kappa shape index (κ2) is 23.6. The molecule has 0 aromatic heterocycles. The van der Waals surface area contributed by atoms with Gasteiger partial charge in [-0.1, -0.05) is 6.07 Å². The minimum absolute atomic E-state index is 0. The Morgan fingerprint density at radius 2 is 1.15 bits per heavy atom. The molecular weight excluding hydrogens is 911 g/mol. The first-order chi connectivity index (χ1) is 30.6. The smallest absolute Gasteiger partial charge is 0.504 e.